The molecular formula is C13H11Cl3N4O3S2. The zero-order valence-electron chi connectivity index (χ0n) is 12.4. The molecule has 2 heterocycles. The van der Waals surface area contributed by atoms with Gasteiger partial charge < -0.3 is 4.90 Å². The molecule has 0 saturated carbocycles. The van der Waals surface area contributed by atoms with Gasteiger partial charge in [0.1, 0.15) is 0 Å². The summed E-state index contributed by atoms with van der Waals surface area (Å²) in [6.07, 6.45) is 1.46. The van der Waals surface area contributed by atoms with Gasteiger partial charge in [-0.25, -0.2) is 10.8 Å². The van der Waals surface area contributed by atoms with E-state index in [9.17, 15) is 13.2 Å². The second-order valence-corrected chi connectivity index (χ2v) is 10.2. The topological polar surface area (TPSA) is 96.6 Å². The molecule has 2 N–H and O–H groups in total. The molecule has 1 amide bonds. The van der Waals surface area contributed by atoms with E-state index in [0.29, 0.717) is 9.98 Å². The highest BCUT2D eigenvalue weighted by molar-refractivity contribution is 7.93. The Kier molecular flexibility index (Phi) is 4.91. The molecular weight excluding hydrogens is 431 g/mol. The first-order valence-electron chi connectivity index (χ1n) is 6.78. The minimum Gasteiger partial charge on any atom is -0.330 e. The first-order valence-corrected chi connectivity index (χ1v) is 10.2. The van der Waals surface area contributed by atoms with Gasteiger partial charge in [0.2, 0.25) is 5.13 Å². The lowest BCUT2D eigenvalue weighted by Crippen LogP contribution is -2.37. The van der Waals surface area contributed by atoms with Crippen LogP contribution in [0.3, 0.4) is 0 Å². The van der Waals surface area contributed by atoms with Gasteiger partial charge in [0, 0.05) is 24.7 Å². The number of benzene rings is 1. The van der Waals surface area contributed by atoms with Crippen LogP contribution in [0, 0.1) is 0 Å². The fourth-order valence-electron chi connectivity index (χ4n) is 2.40. The molecule has 0 spiro atoms. The molecule has 2 aromatic rings. The smallest absolute Gasteiger partial charge is 0.279 e. The molecule has 1 aromatic carbocycles. The van der Waals surface area contributed by atoms with Crippen molar-refractivity contribution in [2.24, 2.45) is 5.84 Å². The number of carbonyl (C=O) groups is 1. The Morgan fingerprint density at radius 3 is 2.56 bits per heavy atom. The van der Waals surface area contributed by atoms with Gasteiger partial charge in [-0.05, 0) is 23.3 Å². The molecule has 7 nitrogen and oxygen atoms in total. The van der Waals surface area contributed by atoms with E-state index in [2.05, 4.69) is 4.98 Å². The molecule has 25 heavy (non-hydrogen) atoms. The van der Waals surface area contributed by atoms with Crippen LogP contribution in [-0.4, -0.2) is 28.0 Å². The number of thiazole rings is 1. The molecule has 1 aliphatic heterocycles. The van der Waals surface area contributed by atoms with E-state index >= 15 is 0 Å². The summed E-state index contributed by atoms with van der Waals surface area (Å²) in [5.74, 6) is 5.04. The largest absolute Gasteiger partial charge is 0.330 e. The predicted octanol–water partition coefficient (Wildman–Crippen LogP) is 2.42. The number of hydrazine groups is 1. The molecule has 3 rings (SSSR count). The standard InChI is InChI=1S/C13H11Cl3N4O3S2/c14-13(15,16)11(21)19-6-8-1-2-10(5-9(8)7-19)25(22,23)20(17)12-18-3-4-24-12/h1-5H,6-7,17H2. The number of rotatable bonds is 3. The molecule has 0 fully saturated rings. The maximum Gasteiger partial charge on any atom is 0.279 e. The first kappa shape index (κ1) is 18.7. The summed E-state index contributed by atoms with van der Waals surface area (Å²) in [5.41, 5.74) is 1.43. The van der Waals surface area contributed by atoms with Crippen LogP contribution >= 0.6 is 46.1 Å². The summed E-state index contributed by atoms with van der Waals surface area (Å²) in [4.78, 5) is 17.3. The number of nitrogens with zero attached hydrogens (tertiary/aromatic N) is 3. The third kappa shape index (κ3) is 3.57. The van der Waals surface area contributed by atoms with E-state index in [1.807, 2.05) is 0 Å². The summed E-state index contributed by atoms with van der Waals surface area (Å²) in [6, 6.07) is 4.50. The van der Waals surface area contributed by atoms with Crippen LogP contribution in [0.1, 0.15) is 11.1 Å². The summed E-state index contributed by atoms with van der Waals surface area (Å²) < 4.78 is 23.8. The van der Waals surface area contributed by atoms with E-state index in [1.165, 1.54) is 23.2 Å². The molecule has 0 radical (unpaired) electrons. The molecule has 1 aromatic heterocycles. The average molecular weight is 442 g/mol. The number of carbonyl (C=O) groups excluding carboxylic acids is 1. The summed E-state index contributed by atoms with van der Waals surface area (Å²) >= 11 is 18.0. The number of sulfonamides is 1. The van der Waals surface area contributed by atoms with Crippen molar-refractivity contribution in [1.29, 1.82) is 0 Å². The predicted molar refractivity (Wildman–Crippen MR) is 97.0 cm³/mol. The number of hydrogen-bond donors (Lipinski definition) is 1. The maximum atomic E-state index is 12.6. The van der Waals surface area contributed by atoms with Crippen LogP contribution in [-0.2, 0) is 27.9 Å². The molecule has 134 valence electrons. The Morgan fingerprint density at radius 2 is 1.96 bits per heavy atom. The minimum atomic E-state index is -3.97. The Labute approximate surface area is 162 Å². The molecule has 0 atom stereocenters. The van der Waals surface area contributed by atoms with Crippen molar-refractivity contribution in [3.63, 3.8) is 0 Å². The number of anilines is 1. The van der Waals surface area contributed by atoms with E-state index < -0.39 is 19.7 Å². The summed E-state index contributed by atoms with van der Waals surface area (Å²) in [7, 11) is -3.97. The van der Waals surface area contributed by atoms with Gasteiger partial charge in [0.15, 0.2) is 0 Å². The lowest BCUT2D eigenvalue weighted by Gasteiger charge is -2.20. The minimum absolute atomic E-state index is 0.00728. The van der Waals surface area contributed by atoms with Crippen molar-refractivity contribution < 1.29 is 13.2 Å². The highest BCUT2D eigenvalue weighted by Crippen LogP contribution is 2.34. The number of alkyl halides is 3. The molecule has 12 heteroatoms. The van der Waals surface area contributed by atoms with Crippen LogP contribution in [0.4, 0.5) is 5.13 Å². The van der Waals surface area contributed by atoms with Gasteiger partial charge >= 0.3 is 0 Å². The van der Waals surface area contributed by atoms with E-state index in [4.69, 9.17) is 40.6 Å². The lowest BCUT2D eigenvalue weighted by atomic mass is 10.1. The quantitative estimate of drug-likeness (QED) is 0.448. The van der Waals surface area contributed by atoms with Crippen molar-refractivity contribution in [1.82, 2.24) is 9.88 Å². The van der Waals surface area contributed by atoms with E-state index in [1.54, 1.807) is 11.4 Å². The van der Waals surface area contributed by atoms with Gasteiger partial charge in [-0.15, -0.1) is 11.3 Å². The summed E-state index contributed by atoms with van der Waals surface area (Å²) in [5, 5.41) is 1.77. The van der Waals surface area contributed by atoms with Crippen LogP contribution < -0.4 is 10.3 Å². The van der Waals surface area contributed by atoms with Crippen molar-refractivity contribution in [3.05, 3.63) is 40.9 Å². The second-order valence-electron chi connectivity index (χ2n) is 5.21. The van der Waals surface area contributed by atoms with E-state index in [-0.39, 0.29) is 23.1 Å². The van der Waals surface area contributed by atoms with Crippen LogP contribution in [0.2, 0.25) is 0 Å². The summed E-state index contributed by atoms with van der Waals surface area (Å²) in [6.45, 7) is 0.383. The van der Waals surface area contributed by atoms with E-state index in [0.717, 1.165) is 16.9 Å². The van der Waals surface area contributed by atoms with Crippen molar-refractivity contribution in [2.75, 3.05) is 4.41 Å². The Balaban J connectivity index is 1.88. The molecule has 0 bridgehead atoms. The normalized spacial score (nSPS) is 14.5. The fourth-order valence-corrected chi connectivity index (χ4v) is 4.66. The third-order valence-electron chi connectivity index (χ3n) is 3.59. The van der Waals surface area contributed by atoms with Gasteiger partial charge in [-0.3, -0.25) is 4.79 Å². The van der Waals surface area contributed by atoms with Crippen molar-refractivity contribution >= 4 is 67.2 Å². The van der Waals surface area contributed by atoms with Crippen molar-refractivity contribution in [2.45, 2.75) is 21.8 Å². The van der Waals surface area contributed by atoms with Gasteiger partial charge in [0.05, 0.1) is 4.90 Å². The number of nitrogens with two attached hydrogens (primary N) is 1. The fraction of sp³-hybridized carbons (Fsp3) is 0.231. The van der Waals surface area contributed by atoms with Gasteiger partial charge in [-0.1, -0.05) is 40.9 Å². The molecule has 1 aliphatic rings. The average Bonchev–Trinajstić information content (AvgIpc) is 3.20. The van der Waals surface area contributed by atoms with Crippen LogP contribution in [0.25, 0.3) is 0 Å². The third-order valence-corrected chi connectivity index (χ3v) is 6.51. The number of aromatic nitrogens is 1. The Hall–Kier alpha value is -1.10. The zero-order chi connectivity index (χ0) is 18.4. The Morgan fingerprint density at radius 1 is 1.28 bits per heavy atom. The lowest BCUT2D eigenvalue weighted by molar-refractivity contribution is -0.130. The monoisotopic (exact) mass is 440 g/mol. The molecule has 0 aliphatic carbocycles. The van der Waals surface area contributed by atoms with Crippen LogP contribution in [0.15, 0.2) is 34.7 Å². The highest BCUT2D eigenvalue weighted by atomic mass is 35.6. The maximum absolute atomic E-state index is 12.6. The molecule has 0 unspecified atom stereocenters. The van der Waals surface area contributed by atoms with Crippen molar-refractivity contribution in [3.8, 4) is 0 Å². The number of fused-ring (bicyclic) bond motifs is 1. The first-order chi connectivity index (χ1) is 11.6. The second kappa shape index (κ2) is 6.57. The Bertz CT molecular complexity index is 913. The zero-order valence-corrected chi connectivity index (χ0v) is 16.3. The highest BCUT2D eigenvalue weighted by Gasteiger charge is 2.38. The molecule has 0 saturated heterocycles. The number of hydrogen-bond acceptors (Lipinski definition) is 6. The van der Waals surface area contributed by atoms with Gasteiger partial charge in [0.25, 0.3) is 19.7 Å². The SMILES string of the molecule is NN(c1nccs1)S(=O)(=O)c1ccc2c(c1)CN(C(=O)C(Cl)(Cl)Cl)C2. The van der Waals surface area contributed by atoms with Crippen LogP contribution in [0.5, 0.6) is 0 Å². The van der Waals surface area contributed by atoms with Gasteiger partial charge in [-0.2, -0.15) is 12.8 Å². The number of amides is 1. The number of halogens is 3.